The van der Waals surface area contributed by atoms with Gasteiger partial charge in [0.1, 0.15) is 0 Å². The molecule has 2 aromatic rings. The van der Waals surface area contributed by atoms with Crippen LogP contribution in [0.15, 0.2) is 34.8 Å². The van der Waals surface area contributed by atoms with Crippen LogP contribution in [0.25, 0.3) is 10.8 Å². The van der Waals surface area contributed by atoms with Gasteiger partial charge in [-0.25, -0.2) is 0 Å². The van der Waals surface area contributed by atoms with Crippen molar-refractivity contribution in [2.24, 2.45) is 0 Å². The van der Waals surface area contributed by atoms with Crippen LogP contribution in [-0.2, 0) is 0 Å². The molecule has 1 heteroatoms. The molecule has 0 amide bonds. The summed E-state index contributed by atoms with van der Waals surface area (Å²) in [5.41, 5.74) is 2.21. The summed E-state index contributed by atoms with van der Waals surface area (Å²) in [6.07, 6.45) is 5.45. The lowest BCUT2D eigenvalue weighted by Gasteiger charge is -2.04. The van der Waals surface area contributed by atoms with E-state index in [0.29, 0.717) is 0 Å². The summed E-state index contributed by atoms with van der Waals surface area (Å²) in [5.74, 6) is 2.70. The highest BCUT2D eigenvalue weighted by Crippen LogP contribution is 2.25. The van der Waals surface area contributed by atoms with Gasteiger partial charge in [0.15, 0.2) is 0 Å². The van der Waals surface area contributed by atoms with Crippen LogP contribution in [0.1, 0.15) is 11.1 Å². The molecule has 0 radical (unpaired) electrons. The zero-order valence-electron chi connectivity index (χ0n) is 7.84. The van der Waals surface area contributed by atoms with Crippen LogP contribution in [0.2, 0.25) is 0 Å². The molecule has 2 rings (SSSR count). The van der Waals surface area contributed by atoms with Crippen molar-refractivity contribution in [2.45, 2.75) is 6.92 Å². The van der Waals surface area contributed by atoms with Crippen LogP contribution in [0.5, 0.6) is 0 Å². The van der Waals surface area contributed by atoms with E-state index in [2.05, 4.69) is 47.0 Å². The third-order valence-corrected chi connectivity index (χ3v) is 2.85. The lowest BCUT2D eigenvalue weighted by molar-refractivity contribution is 1.51. The van der Waals surface area contributed by atoms with Gasteiger partial charge in [-0.1, -0.05) is 34.0 Å². The van der Waals surface area contributed by atoms with Crippen molar-refractivity contribution < 1.29 is 0 Å². The number of hydrogen-bond acceptors (Lipinski definition) is 0. The summed E-state index contributed by atoms with van der Waals surface area (Å²) < 4.78 is 1.06. The van der Waals surface area contributed by atoms with Crippen LogP contribution >= 0.6 is 15.9 Å². The average molecular weight is 245 g/mol. The summed E-state index contributed by atoms with van der Waals surface area (Å²) in [7, 11) is 0. The highest BCUT2D eigenvalue weighted by Gasteiger charge is 2.01. The molecule has 0 aromatic heterocycles. The number of hydrogen-bond donors (Lipinski definition) is 0. The minimum absolute atomic E-state index is 0.951. The first kappa shape index (κ1) is 9.30. The van der Waals surface area contributed by atoms with Crippen molar-refractivity contribution in [3.63, 3.8) is 0 Å². The van der Waals surface area contributed by atoms with Gasteiger partial charge >= 0.3 is 0 Å². The van der Waals surface area contributed by atoms with Crippen LogP contribution < -0.4 is 0 Å². The maximum Gasteiger partial charge on any atom is 0.0321 e. The van der Waals surface area contributed by atoms with E-state index in [-0.39, 0.29) is 0 Å². The molecule has 0 saturated carbocycles. The number of halogens is 1. The first-order chi connectivity index (χ1) is 6.72. The molecule has 68 valence electrons. The first-order valence-electron chi connectivity index (χ1n) is 4.38. The predicted molar refractivity (Wildman–Crippen MR) is 64.3 cm³/mol. The fourth-order valence-electron chi connectivity index (χ4n) is 1.60. The molecule has 0 aliphatic heterocycles. The Kier molecular flexibility index (Phi) is 2.31. The predicted octanol–water partition coefficient (Wildman–Crippen LogP) is 3.89. The Bertz CT molecular complexity index is 533. The Morgan fingerprint density at radius 1 is 1.14 bits per heavy atom. The van der Waals surface area contributed by atoms with Crippen LogP contribution in [-0.4, -0.2) is 0 Å². The highest BCUT2D eigenvalue weighted by atomic mass is 79.9. The minimum Gasteiger partial charge on any atom is -0.115 e. The molecule has 0 fully saturated rings. The van der Waals surface area contributed by atoms with Crippen molar-refractivity contribution in [3.8, 4) is 12.3 Å². The first-order valence-corrected chi connectivity index (χ1v) is 5.17. The summed E-state index contributed by atoms with van der Waals surface area (Å²) in [6, 6.07) is 10.2. The second kappa shape index (κ2) is 3.48. The molecule has 0 unspecified atom stereocenters. The van der Waals surface area contributed by atoms with Gasteiger partial charge in [0, 0.05) is 10.0 Å². The van der Waals surface area contributed by atoms with E-state index in [0.717, 1.165) is 15.4 Å². The topological polar surface area (TPSA) is 0 Å². The molecule has 0 spiro atoms. The third kappa shape index (κ3) is 1.42. The SMILES string of the molecule is C#Cc1ccc(C)c2ccc(Br)cc12. The van der Waals surface area contributed by atoms with Crippen LogP contribution in [0, 0.1) is 19.3 Å². The Morgan fingerprint density at radius 3 is 2.64 bits per heavy atom. The minimum atomic E-state index is 0.951. The molecule has 0 atom stereocenters. The lowest BCUT2D eigenvalue weighted by Crippen LogP contribution is -1.83. The van der Waals surface area contributed by atoms with Gasteiger partial charge in [0.25, 0.3) is 0 Å². The maximum atomic E-state index is 5.45. The molecule has 14 heavy (non-hydrogen) atoms. The molecule has 0 nitrogen and oxygen atoms in total. The zero-order chi connectivity index (χ0) is 10.1. The molecule has 0 aliphatic carbocycles. The molecule has 0 aliphatic rings. The van der Waals surface area contributed by atoms with Crippen molar-refractivity contribution in [2.75, 3.05) is 0 Å². The van der Waals surface area contributed by atoms with E-state index in [4.69, 9.17) is 6.42 Å². The molecule has 0 saturated heterocycles. The number of terminal acetylenes is 1. The summed E-state index contributed by atoms with van der Waals surface area (Å²) in [4.78, 5) is 0. The molecule has 2 aromatic carbocycles. The van der Waals surface area contributed by atoms with Gasteiger partial charge in [0.2, 0.25) is 0 Å². The molecule has 0 heterocycles. The summed E-state index contributed by atoms with van der Waals surface area (Å²) in [5, 5.41) is 2.37. The normalized spacial score (nSPS) is 10.1. The number of benzene rings is 2. The third-order valence-electron chi connectivity index (χ3n) is 2.35. The Hall–Kier alpha value is -1.26. The molecular formula is C13H9Br. The second-order valence-electron chi connectivity index (χ2n) is 3.26. The van der Waals surface area contributed by atoms with E-state index in [1.54, 1.807) is 0 Å². The van der Waals surface area contributed by atoms with E-state index in [1.807, 2.05) is 12.1 Å². The summed E-state index contributed by atoms with van der Waals surface area (Å²) in [6.45, 7) is 2.09. The van der Waals surface area contributed by atoms with E-state index < -0.39 is 0 Å². The van der Waals surface area contributed by atoms with Gasteiger partial charge < -0.3 is 0 Å². The zero-order valence-corrected chi connectivity index (χ0v) is 9.43. The standard InChI is InChI=1S/C13H9Br/c1-3-10-5-4-9(2)12-7-6-11(14)8-13(10)12/h1,4-8H,2H3. The summed E-state index contributed by atoms with van der Waals surface area (Å²) >= 11 is 3.45. The number of aryl methyl sites for hydroxylation is 1. The monoisotopic (exact) mass is 244 g/mol. The van der Waals surface area contributed by atoms with Crippen molar-refractivity contribution in [3.05, 3.63) is 45.9 Å². The lowest BCUT2D eigenvalue weighted by atomic mass is 10.0. The highest BCUT2D eigenvalue weighted by molar-refractivity contribution is 9.10. The number of rotatable bonds is 0. The maximum absolute atomic E-state index is 5.45. The quantitative estimate of drug-likeness (QED) is 0.617. The van der Waals surface area contributed by atoms with Gasteiger partial charge in [0.05, 0.1) is 0 Å². The number of fused-ring (bicyclic) bond motifs is 1. The molecule has 0 bridgehead atoms. The van der Waals surface area contributed by atoms with Crippen molar-refractivity contribution in [1.29, 1.82) is 0 Å². The fourth-order valence-corrected chi connectivity index (χ4v) is 1.96. The van der Waals surface area contributed by atoms with Gasteiger partial charge in [-0.05, 0) is 41.5 Å². The van der Waals surface area contributed by atoms with Gasteiger partial charge in [-0.2, -0.15) is 0 Å². The average Bonchev–Trinajstić information content (AvgIpc) is 2.18. The van der Waals surface area contributed by atoms with Crippen molar-refractivity contribution >= 4 is 26.7 Å². The largest absolute Gasteiger partial charge is 0.115 e. The van der Waals surface area contributed by atoms with Crippen LogP contribution in [0.3, 0.4) is 0 Å². The molecular weight excluding hydrogens is 236 g/mol. The van der Waals surface area contributed by atoms with Gasteiger partial charge in [-0.15, -0.1) is 6.42 Å². The molecule has 0 N–H and O–H groups in total. The Labute approximate surface area is 92.1 Å². The Morgan fingerprint density at radius 2 is 1.93 bits per heavy atom. The van der Waals surface area contributed by atoms with E-state index >= 15 is 0 Å². The smallest absolute Gasteiger partial charge is 0.0321 e. The van der Waals surface area contributed by atoms with Crippen molar-refractivity contribution in [1.82, 2.24) is 0 Å². The van der Waals surface area contributed by atoms with E-state index in [9.17, 15) is 0 Å². The fraction of sp³-hybridized carbons (Fsp3) is 0.0769. The van der Waals surface area contributed by atoms with Gasteiger partial charge in [-0.3, -0.25) is 0 Å². The Balaban J connectivity index is 2.94. The van der Waals surface area contributed by atoms with E-state index in [1.165, 1.54) is 10.9 Å². The second-order valence-corrected chi connectivity index (χ2v) is 4.18. The van der Waals surface area contributed by atoms with Crippen LogP contribution in [0.4, 0.5) is 0 Å².